The van der Waals surface area contributed by atoms with E-state index < -0.39 is 75.1 Å². The van der Waals surface area contributed by atoms with E-state index in [0.717, 1.165) is 32.5 Å². The summed E-state index contributed by atoms with van der Waals surface area (Å²) in [7, 11) is 0. The fourth-order valence-electron chi connectivity index (χ4n) is 3.97. The lowest BCUT2D eigenvalue weighted by Crippen LogP contribution is -2.39. The largest absolute Gasteiger partial charge is 0.480 e. The summed E-state index contributed by atoms with van der Waals surface area (Å²) in [5.41, 5.74) is 0.994. The monoisotopic (exact) mass is 616 g/mol. The van der Waals surface area contributed by atoms with Gasteiger partial charge in [-0.2, -0.15) is 0 Å². The molecule has 18 heteroatoms. The van der Waals surface area contributed by atoms with Gasteiger partial charge >= 0.3 is 35.8 Å². The molecule has 224 valence electrons. The first-order chi connectivity index (χ1) is 19.3. The van der Waals surface area contributed by atoms with Crippen LogP contribution in [0.5, 0.6) is 0 Å². The molecule has 0 saturated carbocycles. The molecule has 0 aromatic carbocycles. The van der Waals surface area contributed by atoms with Crippen LogP contribution in [0, 0.1) is 0 Å². The van der Waals surface area contributed by atoms with E-state index in [1.54, 1.807) is 10.8 Å². The maximum absolute atomic E-state index is 11.6. The smallest absolute Gasteiger partial charge is 0.323 e. The molecule has 41 heavy (non-hydrogen) atoms. The number of carboxylic acids is 6. The van der Waals surface area contributed by atoms with Crippen molar-refractivity contribution in [1.82, 2.24) is 0 Å². The van der Waals surface area contributed by atoms with Gasteiger partial charge in [0.15, 0.2) is 0 Å². The quantitative estimate of drug-likeness (QED) is 0.120. The molecule has 0 radical (unpaired) electrons. The molecule has 0 amide bonds. The van der Waals surface area contributed by atoms with Crippen molar-refractivity contribution in [3.63, 3.8) is 0 Å². The highest BCUT2D eigenvalue weighted by Crippen LogP contribution is 2.35. The van der Waals surface area contributed by atoms with Crippen LogP contribution in [-0.4, -0.2) is 119 Å². The summed E-state index contributed by atoms with van der Waals surface area (Å²) in [5, 5.41) is 62.0. The zero-order chi connectivity index (χ0) is 30.7. The fourth-order valence-corrected chi connectivity index (χ4v) is 5.70. The predicted octanol–water partition coefficient (Wildman–Crippen LogP) is 0.633. The molecule has 0 aliphatic rings. The van der Waals surface area contributed by atoms with Gasteiger partial charge < -0.3 is 50.2 Å². The zero-order valence-electron chi connectivity index (χ0n) is 21.4. The van der Waals surface area contributed by atoms with Crippen LogP contribution in [0.15, 0.2) is 21.5 Å². The van der Waals surface area contributed by atoms with Crippen molar-refractivity contribution >= 4 is 81.2 Å². The maximum atomic E-state index is 11.6. The van der Waals surface area contributed by atoms with Gasteiger partial charge in [-0.1, -0.05) is 0 Å². The van der Waals surface area contributed by atoms with E-state index in [0.29, 0.717) is 0 Å². The van der Waals surface area contributed by atoms with Crippen molar-refractivity contribution in [2.45, 2.75) is 6.42 Å². The summed E-state index contributed by atoms with van der Waals surface area (Å²) < 4.78 is 0. The van der Waals surface area contributed by atoms with Gasteiger partial charge in [0.2, 0.25) is 0 Å². The number of carbonyl (C=O) groups is 6. The first kappa shape index (κ1) is 32.6. The van der Waals surface area contributed by atoms with E-state index in [1.807, 2.05) is 0 Å². The van der Waals surface area contributed by atoms with Gasteiger partial charge in [-0.25, -0.2) is 0 Å². The zero-order valence-corrected chi connectivity index (χ0v) is 23.0. The number of hydrogen-bond donors (Lipinski definition) is 6. The van der Waals surface area contributed by atoms with Crippen LogP contribution in [0.4, 0.5) is 22.7 Å². The lowest BCUT2D eigenvalue weighted by Gasteiger charge is -2.30. The molecule has 0 fully saturated rings. The van der Waals surface area contributed by atoms with Crippen molar-refractivity contribution in [2.75, 3.05) is 72.0 Å². The van der Waals surface area contributed by atoms with E-state index in [1.165, 1.54) is 20.6 Å². The SMILES string of the molecule is O=C(O)CN(CCCN(CC(=O)O)c1cscc1N(CC(=O)O)CC(=O)O)c1cscc1N(CC(=O)O)CC(=O)O. The van der Waals surface area contributed by atoms with Gasteiger partial charge in [-0.15, -0.1) is 22.7 Å². The Hall–Kier alpha value is -4.58. The Balaban J connectivity index is 2.32. The third kappa shape index (κ3) is 10.5. The van der Waals surface area contributed by atoms with Gasteiger partial charge in [-0.3, -0.25) is 28.8 Å². The molecule has 2 rings (SSSR count). The first-order valence-electron chi connectivity index (χ1n) is 11.7. The Bertz CT molecular complexity index is 1140. The van der Waals surface area contributed by atoms with E-state index in [4.69, 9.17) is 0 Å². The lowest BCUT2D eigenvalue weighted by molar-refractivity contribution is -0.138. The molecule has 2 heterocycles. The fraction of sp³-hybridized carbons (Fsp3) is 0.391. The van der Waals surface area contributed by atoms with Crippen LogP contribution >= 0.6 is 22.7 Å². The second-order valence-corrected chi connectivity index (χ2v) is 10.0. The van der Waals surface area contributed by atoms with E-state index >= 15 is 0 Å². The van der Waals surface area contributed by atoms with Crippen LogP contribution < -0.4 is 19.6 Å². The summed E-state index contributed by atoms with van der Waals surface area (Å²) in [6.07, 6.45) is 0.168. The van der Waals surface area contributed by atoms with Crippen LogP contribution in [0.25, 0.3) is 0 Å². The highest BCUT2D eigenvalue weighted by Gasteiger charge is 2.25. The molecular weight excluding hydrogens is 588 g/mol. The summed E-state index contributed by atoms with van der Waals surface area (Å²) in [6.45, 7) is -3.56. The number of hydrogen-bond acceptors (Lipinski definition) is 12. The Labute approximate surface area is 240 Å². The molecule has 0 aliphatic carbocycles. The molecular formula is C23H28N4O12S2. The van der Waals surface area contributed by atoms with Crippen molar-refractivity contribution in [3.8, 4) is 0 Å². The topological polar surface area (TPSA) is 237 Å². The van der Waals surface area contributed by atoms with Crippen LogP contribution in [0.1, 0.15) is 6.42 Å². The number of rotatable bonds is 20. The third-order valence-electron chi connectivity index (χ3n) is 5.42. The minimum atomic E-state index is -1.29. The number of anilines is 4. The molecule has 0 unspecified atom stereocenters. The van der Waals surface area contributed by atoms with Crippen molar-refractivity contribution < 1.29 is 59.4 Å². The molecule has 2 aromatic heterocycles. The normalized spacial score (nSPS) is 10.5. The first-order valence-corrected chi connectivity index (χ1v) is 13.6. The van der Waals surface area contributed by atoms with Gasteiger partial charge in [-0.05, 0) is 6.42 Å². The van der Waals surface area contributed by atoms with Crippen molar-refractivity contribution in [3.05, 3.63) is 21.5 Å². The van der Waals surface area contributed by atoms with Crippen LogP contribution in [0.3, 0.4) is 0 Å². The molecule has 0 atom stereocenters. The Morgan fingerprint density at radius 1 is 0.439 bits per heavy atom. The lowest BCUT2D eigenvalue weighted by atomic mass is 10.2. The molecule has 0 saturated heterocycles. The third-order valence-corrected chi connectivity index (χ3v) is 6.86. The van der Waals surface area contributed by atoms with Crippen molar-refractivity contribution in [2.24, 2.45) is 0 Å². The van der Waals surface area contributed by atoms with E-state index in [2.05, 4.69) is 0 Å². The highest BCUT2D eigenvalue weighted by molar-refractivity contribution is 7.09. The van der Waals surface area contributed by atoms with Gasteiger partial charge in [0.25, 0.3) is 0 Å². The minimum absolute atomic E-state index is 0.0353. The predicted molar refractivity (Wildman–Crippen MR) is 148 cm³/mol. The summed E-state index contributed by atoms with van der Waals surface area (Å²) in [4.78, 5) is 73.6. The summed E-state index contributed by atoms with van der Waals surface area (Å²) in [5.74, 6) is -7.59. The number of thiophene rings is 2. The summed E-state index contributed by atoms with van der Waals surface area (Å²) >= 11 is 2.23. The molecule has 0 spiro atoms. The Morgan fingerprint density at radius 2 is 0.659 bits per heavy atom. The van der Waals surface area contributed by atoms with Gasteiger partial charge in [0.1, 0.15) is 39.3 Å². The molecule has 0 bridgehead atoms. The number of carboxylic acid groups (broad SMARTS) is 6. The van der Waals surface area contributed by atoms with E-state index in [-0.39, 0.29) is 42.3 Å². The second-order valence-electron chi connectivity index (χ2n) is 8.56. The average Bonchev–Trinajstić information content (AvgIpc) is 3.50. The molecule has 16 nitrogen and oxygen atoms in total. The Morgan fingerprint density at radius 3 is 0.902 bits per heavy atom. The molecule has 0 aliphatic heterocycles. The van der Waals surface area contributed by atoms with Gasteiger partial charge in [0.05, 0.1) is 22.7 Å². The van der Waals surface area contributed by atoms with Crippen LogP contribution in [-0.2, 0) is 28.8 Å². The van der Waals surface area contributed by atoms with E-state index in [9.17, 15) is 59.4 Å². The van der Waals surface area contributed by atoms with Gasteiger partial charge in [0, 0.05) is 34.6 Å². The van der Waals surface area contributed by atoms with Crippen LogP contribution in [0.2, 0.25) is 0 Å². The number of nitrogens with zero attached hydrogens (tertiary/aromatic N) is 4. The van der Waals surface area contributed by atoms with Crippen molar-refractivity contribution in [1.29, 1.82) is 0 Å². The molecule has 6 N–H and O–H groups in total. The number of aliphatic carboxylic acids is 6. The highest BCUT2D eigenvalue weighted by atomic mass is 32.1. The summed E-state index contributed by atoms with van der Waals surface area (Å²) in [6, 6.07) is 0. The molecule has 2 aromatic rings. The maximum Gasteiger partial charge on any atom is 0.323 e. The Kier molecular flexibility index (Phi) is 12.2. The standard InChI is InChI=1S/C23H28N4O12S2/c28-18(29)4-24(14-10-40-12-16(14)26(6-20(32)33)7-21(34)35)2-1-3-25(5-19(30)31)15-11-41-13-17(15)27(8-22(36)37)9-23(38)39/h10-13H,1-9H2,(H,28,29)(H,30,31)(H,32,33)(H,34,35)(H,36,37)(H,38,39). The second kappa shape index (κ2) is 15.3. The minimum Gasteiger partial charge on any atom is -0.480 e. The average molecular weight is 617 g/mol.